The van der Waals surface area contributed by atoms with Crippen LogP contribution in [0, 0.1) is 5.82 Å². The zero-order chi connectivity index (χ0) is 14.1. The summed E-state index contributed by atoms with van der Waals surface area (Å²) in [5.41, 5.74) is 2.69. The fourth-order valence-corrected chi connectivity index (χ4v) is 3.08. The largest absolute Gasteiger partial charge is 0.384 e. The van der Waals surface area contributed by atoms with Crippen LogP contribution in [-0.4, -0.2) is 5.11 Å². The molecule has 2 aromatic carbocycles. The fraction of sp³-hybridized carbons (Fsp3) is 0.294. The van der Waals surface area contributed by atoms with Crippen LogP contribution < -0.4 is 0 Å². The molecule has 1 aliphatic rings. The summed E-state index contributed by atoms with van der Waals surface area (Å²) in [6.07, 6.45) is 3.02. The normalized spacial score (nSPS) is 16.8. The van der Waals surface area contributed by atoms with Gasteiger partial charge in [0.25, 0.3) is 0 Å². The van der Waals surface area contributed by atoms with E-state index in [1.54, 1.807) is 12.1 Å². The van der Waals surface area contributed by atoms with Crippen LogP contribution in [0.4, 0.5) is 4.39 Å². The Balaban J connectivity index is 1.86. The number of hydrogen-bond acceptors (Lipinski definition) is 1. The monoisotopic (exact) mass is 334 g/mol. The molecule has 1 N–H and O–H groups in total. The van der Waals surface area contributed by atoms with E-state index in [-0.39, 0.29) is 5.82 Å². The molecule has 0 aromatic heterocycles. The molecule has 1 nitrogen and oxygen atoms in total. The van der Waals surface area contributed by atoms with Crippen molar-refractivity contribution >= 4 is 15.9 Å². The van der Waals surface area contributed by atoms with E-state index in [4.69, 9.17) is 0 Å². The molecule has 0 spiro atoms. The molecule has 1 fully saturated rings. The molecule has 0 heterocycles. The first-order valence-corrected chi connectivity index (χ1v) is 7.68. The Morgan fingerprint density at radius 1 is 1.10 bits per heavy atom. The van der Waals surface area contributed by atoms with Gasteiger partial charge < -0.3 is 5.11 Å². The van der Waals surface area contributed by atoms with Gasteiger partial charge in [0.05, 0.1) is 4.47 Å². The number of hydrogen-bond donors (Lipinski definition) is 1. The van der Waals surface area contributed by atoms with E-state index < -0.39 is 6.10 Å². The first-order chi connectivity index (χ1) is 9.66. The van der Waals surface area contributed by atoms with Crippen LogP contribution in [0.15, 0.2) is 46.9 Å². The summed E-state index contributed by atoms with van der Waals surface area (Å²) in [6, 6.07) is 12.8. The van der Waals surface area contributed by atoms with E-state index in [1.807, 2.05) is 12.1 Å². The van der Waals surface area contributed by atoms with Crippen molar-refractivity contribution in [3.05, 3.63) is 69.4 Å². The lowest BCUT2D eigenvalue weighted by molar-refractivity contribution is 0.219. The van der Waals surface area contributed by atoms with Gasteiger partial charge in [-0.15, -0.1) is 0 Å². The minimum absolute atomic E-state index is 0.329. The van der Waals surface area contributed by atoms with Gasteiger partial charge in [-0.2, -0.15) is 0 Å². The average molecular weight is 335 g/mol. The van der Waals surface area contributed by atoms with E-state index in [0.717, 1.165) is 5.56 Å². The van der Waals surface area contributed by atoms with Gasteiger partial charge in [-0.3, -0.25) is 0 Å². The quantitative estimate of drug-likeness (QED) is 0.843. The van der Waals surface area contributed by atoms with Crippen LogP contribution in [0.3, 0.4) is 0 Å². The van der Waals surface area contributed by atoms with E-state index >= 15 is 0 Å². The molecule has 1 unspecified atom stereocenters. The number of benzene rings is 2. The molecule has 1 saturated carbocycles. The first-order valence-electron chi connectivity index (χ1n) is 6.88. The molecule has 0 radical (unpaired) electrons. The Hall–Kier alpha value is -1.19. The van der Waals surface area contributed by atoms with Crippen LogP contribution >= 0.6 is 15.9 Å². The second-order valence-corrected chi connectivity index (χ2v) is 6.13. The van der Waals surface area contributed by atoms with Crippen molar-refractivity contribution in [1.82, 2.24) is 0 Å². The highest BCUT2D eigenvalue weighted by molar-refractivity contribution is 9.10. The van der Waals surface area contributed by atoms with Gasteiger partial charge in [0.2, 0.25) is 0 Å². The topological polar surface area (TPSA) is 20.2 Å². The Morgan fingerprint density at radius 2 is 1.80 bits per heavy atom. The lowest BCUT2D eigenvalue weighted by Gasteiger charge is -2.26. The summed E-state index contributed by atoms with van der Waals surface area (Å²) in [5, 5.41) is 10.4. The summed E-state index contributed by atoms with van der Waals surface area (Å²) < 4.78 is 13.8. The molecule has 2 aromatic rings. The maximum Gasteiger partial charge on any atom is 0.137 e. The van der Waals surface area contributed by atoms with Crippen LogP contribution in [0.1, 0.15) is 48.0 Å². The standard InChI is InChI=1S/C17H16BrFO/c18-16-14(5-2-6-15(16)19)17(20)13-9-7-12(8-10-13)11-3-1-4-11/h2,5-11,17,20H,1,3-4H2. The average Bonchev–Trinajstić information content (AvgIpc) is 2.40. The summed E-state index contributed by atoms with van der Waals surface area (Å²) in [6.45, 7) is 0. The Morgan fingerprint density at radius 3 is 2.40 bits per heavy atom. The Bertz CT molecular complexity index is 605. The highest BCUT2D eigenvalue weighted by Gasteiger charge is 2.20. The summed E-state index contributed by atoms with van der Waals surface area (Å²) in [5.74, 6) is 0.328. The second kappa shape index (κ2) is 5.66. The highest BCUT2D eigenvalue weighted by Crippen LogP contribution is 2.37. The van der Waals surface area contributed by atoms with Gasteiger partial charge in [0, 0.05) is 5.56 Å². The molecule has 3 heteroatoms. The van der Waals surface area contributed by atoms with Crippen LogP contribution in [0.5, 0.6) is 0 Å². The molecule has 0 saturated heterocycles. The molecule has 1 aliphatic carbocycles. The lowest BCUT2D eigenvalue weighted by Crippen LogP contribution is -2.09. The van der Waals surface area contributed by atoms with Crippen molar-refractivity contribution in [3.63, 3.8) is 0 Å². The predicted octanol–water partition coefficient (Wildman–Crippen LogP) is 4.94. The van der Waals surface area contributed by atoms with Crippen molar-refractivity contribution in [2.45, 2.75) is 31.3 Å². The third-order valence-electron chi connectivity index (χ3n) is 4.10. The van der Waals surface area contributed by atoms with Crippen LogP contribution in [0.2, 0.25) is 0 Å². The zero-order valence-corrected chi connectivity index (χ0v) is 12.6. The van der Waals surface area contributed by atoms with Crippen LogP contribution in [0.25, 0.3) is 0 Å². The van der Waals surface area contributed by atoms with Gasteiger partial charge in [0.15, 0.2) is 0 Å². The van der Waals surface area contributed by atoms with Gasteiger partial charge >= 0.3 is 0 Å². The summed E-state index contributed by atoms with van der Waals surface area (Å²) in [4.78, 5) is 0. The van der Waals surface area contributed by atoms with Crippen molar-refractivity contribution in [2.75, 3.05) is 0 Å². The molecule has 0 amide bonds. The minimum atomic E-state index is -0.810. The maximum absolute atomic E-state index is 13.5. The molecule has 104 valence electrons. The van der Waals surface area contributed by atoms with Crippen molar-refractivity contribution < 1.29 is 9.50 Å². The number of aliphatic hydroxyl groups excluding tert-OH is 1. The van der Waals surface area contributed by atoms with Gasteiger partial charge in [0.1, 0.15) is 11.9 Å². The first kappa shape index (κ1) is 13.8. The van der Waals surface area contributed by atoms with Gasteiger partial charge in [-0.1, -0.05) is 42.8 Å². The SMILES string of the molecule is OC(c1ccc(C2CCC2)cc1)c1cccc(F)c1Br. The third kappa shape index (κ3) is 2.52. The van der Waals surface area contributed by atoms with Crippen molar-refractivity contribution in [1.29, 1.82) is 0 Å². The highest BCUT2D eigenvalue weighted by atomic mass is 79.9. The van der Waals surface area contributed by atoms with E-state index in [2.05, 4.69) is 28.1 Å². The van der Waals surface area contributed by atoms with E-state index in [0.29, 0.717) is 16.0 Å². The van der Waals surface area contributed by atoms with Crippen molar-refractivity contribution in [3.8, 4) is 0 Å². The van der Waals surface area contributed by atoms with Gasteiger partial charge in [-0.25, -0.2) is 4.39 Å². The molecule has 0 bridgehead atoms. The predicted molar refractivity (Wildman–Crippen MR) is 81.2 cm³/mol. The number of rotatable bonds is 3. The molecule has 1 atom stereocenters. The smallest absolute Gasteiger partial charge is 0.137 e. The summed E-state index contributed by atoms with van der Waals surface area (Å²) >= 11 is 3.20. The molecule has 3 rings (SSSR count). The fourth-order valence-electron chi connectivity index (χ4n) is 2.60. The summed E-state index contributed by atoms with van der Waals surface area (Å²) in [7, 11) is 0. The number of halogens is 2. The zero-order valence-electron chi connectivity index (χ0n) is 11.0. The van der Waals surface area contributed by atoms with Gasteiger partial charge in [-0.05, 0) is 51.9 Å². The van der Waals surface area contributed by atoms with E-state index in [9.17, 15) is 9.50 Å². The lowest BCUT2D eigenvalue weighted by atomic mass is 9.80. The van der Waals surface area contributed by atoms with E-state index in [1.165, 1.54) is 30.9 Å². The molecule has 20 heavy (non-hydrogen) atoms. The maximum atomic E-state index is 13.5. The third-order valence-corrected chi connectivity index (χ3v) is 4.94. The molecule has 0 aliphatic heterocycles. The van der Waals surface area contributed by atoms with Crippen molar-refractivity contribution in [2.24, 2.45) is 0 Å². The molecular formula is C17H16BrFO. The Kier molecular flexibility index (Phi) is 3.90. The second-order valence-electron chi connectivity index (χ2n) is 5.34. The Labute approximate surface area is 126 Å². The number of aliphatic hydroxyl groups is 1. The molecular weight excluding hydrogens is 319 g/mol. The minimum Gasteiger partial charge on any atom is -0.384 e. The van der Waals surface area contributed by atoms with Crippen LogP contribution in [-0.2, 0) is 0 Å².